The molecule has 3 heteroatoms. The zero-order valence-electron chi connectivity index (χ0n) is 6.63. The van der Waals surface area contributed by atoms with Crippen LogP contribution in [0.3, 0.4) is 0 Å². The Labute approximate surface area is 72.8 Å². The van der Waals surface area contributed by atoms with Crippen LogP contribution in [0.25, 0.3) is 0 Å². The summed E-state index contributed by atoms with van der Waals surface area (Å²) < 4.78 is 5.07. The maximum Gasteiger partial charge on any atom is 0.0873 e. The summed E-state index contributed by atoms with van der Waals surface area (Å²) in [6, 6.07) is 0. The van der Waals surface area contributed by atoms with E-state index in [4.69, 9.17) is 21.4 Å². The standard InChI is InChI=1S/C8H15ClO2/c9-5-4-8-11-7-3-1-2-6-10/h4,8,10H,1-3,5-7H2. The van der Waals surface area contributed by atoms with Crippen LogP contribution in [0.4, 0.5) is 0 Å². The van der Waals surface area contributed by atoms with Crippen molar-refractivity contribution < 1.29 is 9.84 Å². The third-order valence-corrected chi connectivity index (χ3v) is 1.38. The molecule has 0 atom stereocenters. The molecule has 0 saturated carbocycles. The number of aliphatic hydroxyl groups excluding tert-OH is 1. The number of aliphatic hydroxyl groups is 1. The minimum Gasteiger partial charge on any atom is -0.501 e. The van der Waals surface area contributed by atoms with Crippen LogP contribution in [0.1, 0.15) is 19.3 Å². The van der Waals surface area contributed by atoms with Crippen molar-refractivity contribution in [2.24, 2.45) is 0 Å². The maximum absolute atomic E-state index is 8.43. The summed E-state index contributed by atoms with van der Waals surface area (Å²) in [6.45, 7) is 0.991. The maximum atomic E-state index is 8.43. The fraction of sp³-hybridized carbons (Fsp3) is 0.750. The van der Waals surface area contributed by atoms with Crippen LogP contribution in [0, 0.1) is 0 Å². The predicted molar refractivity (Wildman–Crippen MR) is 46.7 cm³/mol. The van der Waals surface area contributed by atoms with Gasteiger partial charge in [0.05, 0.1) is 12.9 Å². The molecule has 0 fully saturated rings. The lowest BCUT2D eigenvalue weighted by Gasteiger charge is -1.98. The summed E-state index contributed by atoms with van der Waals surface area (Å²) in [5, 5.41) is 8.43. The lowest BCUT2D eigenvalue weighted by atomic mass is 10.2. The molecule has 0 aliphatic heterocycles. The van der Waals surface area contributed by atoms with Crippen molar-refractivity contribution in [1.29, 1.82) is 0 Å². The summed E-state index contributed by atoms with van der Waals surface area (Å²) in [4.78, 5) is 0. The highest BCUT2D eigenvalue weighted by atomic mass is 35.5. The van der Waals surface area contributed by atoms with E-state index in [1.165, 1.54) is 0 Å². The van der Waals surface area contributed by atoms with Crippen molar-refractivity contribution in [1.82, 2.24) is 0 Å². The first-order chi connectivity index (χ1) is 5.41. The van der Waals surface area contributed by atoms with Crippen LogP contribution in [0.2, 0.25) is 0 Å². The number of alkyl halides is 1. The Balaban J connectivity index is 2.85. The smallest absolute Gasteiger partial charge is 0.0873 e. The lowest BCUT2D eigenvalue weighted by molar-refractivity contribution is 0.230. The van der Waals surface area contributed by atoms with Crippen LogP contribution in [0.15, 0.2) is 12.3 Å². The van der Waals surface area contributed by atoms with Crippen LogP contribution >= 0.6 is 11.6 Å². The molecule has 11 heavy (non-hydrogen) atoms. The van der Waals surface area contributed by atoms with Gasteiger partial charge in [-0.05, 0) is 25.3 Å². The summed E-state index contributed by atoms with van der Waals surface area (Å²) in [5.41, 5.74) is 0. The van der Waals surface area contributed by atoms with Gasteiger partial charge in [0.15, 0.2) is 0 Å². The number of hydrogen-bond donors (Lipinski definition) is 1. The second kappa shape index (κ2) is 9.79. The largest absolute Gasteiger partial charge is 0.501 e. The van der Waals surface area contributed by atoms with Crippen molar-refractivity contribution in [3.8, 4) is 0 Å². The van der Waals surface area contributed by atoms with Gasteiger partial charge in [0.2, 0.25) is 0 Å². The Kier molecular flexibility index (Phi) is 9.60. The highest BCUT2D eigenvalue weighted by Gasteiger charge is 1.85. The lowest BCUT2D eigenvalue weighted by Crippen LogP contribution is -1.89. The molecule has 66 valence electrons. The van der Waals surface area contributed by atoms with E-state index in [0.717, 1.165) is 19.3 Å². The predicted octanol–water partition coefficient (Wildman–Crippen LogP) is 1.92. The fourth-order valence-electron chi connectivity index (χ4n) is 0.646. The fourth-order valence-corrected chi connectivity index (χ4v) is 0.719. The minimum absolute atomic E-state index is 0.275. The Morgan fingerprint density at radius 1 is 1.27 bits per heavy atom. The highest BCUT2D eigenvalue weighted by molar-refractivity contribution is 6.18. The normalized spacial score (nSPS) is 10.7. The SMILES string of the molecule is OCCCCCOC=CCCl. The molecule has 2 nitrogen and oxygen atoms in total. The first kappa shape index (κ1) is 10.8. The molecule has 0 heterocycles. The van der Waals surface area contributed by atoms with Gasteiger partial charge < -0.3 is 9.84 Å². The molecule has 0 aliphatic rings. The van der Waals surface area contributed by atoms with Crippen molar-refractivity contribution in [3.63, 3.8) is 0 Å². The van der Waals surface area contributed by atoms with Crippen LogP contribution in [-0.2, 0) is 4.74 Å². The Hall–Kier alpha value is -0.210. The number of unbranched alkanes of at least 4 members (excludes halogenated alkanes) is 2. The number of allylic oxidation sites excluding steroid dienone is 1. The Bertz CT molecular complexity index is 94.1. The number of ether oxygens (including phenoxy) is 1. The zero-order chi connectivity index (χ0) is 8.36. The van der Waals surface area contributed by atoms with Crippen LogP contribution < -0.4 is 0 Å². The third kappa shape index (κ3) is 9.79. The topological polar surface area (TPSA) is 29.5 Å². The van der Waals surface area contributed by atoms with E-state index >= 15 is 0 Å². The summed E-state index contributed by atoms with van der Waals surface area (Å²) >= 11 is 5.36. The molecule has 1 N–H and O–H groups in total. The summed E-state index contributed by atoms with van der Waals surface area (Å²) in [5.74, 6) is 0.497. The molecule has 0 amide bonds. The molecule has 0 rings (SSSR count). The van der Waals surface area contributed by atoms with Gasteiger partial charge in [-0.25, -0.2) is 0 Å². The van der Waals surface area contributed by atoms with Gasteiger partial charge in [-0.3, -0.25) is 0 Å². The third-order valence-electron chi connectivity index (χ3n) is 1.20. The van der Waals surface area contributed by atoms with E-state index in [0.29, 0.717) is 12.5 Å². The molecule has 0 aromatic rings. The second-order valence-electron chi connectivity index (χ2n) is 2.18. The number of rotatable bonds is 7. The molecular formula is C8H15ClO2. The first-order valence-corrected chi connectivity index (χ1v) is 4.38. The molecule has 0 aromatic heterocycles. The van der Waals surface area contributed by atoms with Gasteiger partial charge >= 0.3 is 0 Å². The van der Waals surface area contributed by atoms with Crippen molar-refractivity contribution in [2.75, 3.05) is 19.1 Å². The van der Waals surface area contributed by atoms with Crippen LogP contribution in [-0.4, -0.2) is 24.2 Å². The zero-order valence-corrected chi connectivity index (χ0v) is 7.39. The van der Waals surface area contributed by atoms with Gasteiger partial charge in [0.25, 0.3) is 0 Å². The van der Waals surface area contributed by atoms with E-state index in [2.05, 4.69) is 0 Å². The molecule has 0 aliphatic carbocycles. The molecule has 0 spiro atoms. The molecule has 0 saturated heterocycles. The van der Waals surface area contributed by atoms with Gasteiger partial charge in [0, 0.05) is 12.5 Å². The highest BCUT2D eigenvalue weighted by Crippen LogP contribution is 1.94. The van der Waals surface area contributed by atoms with E-state index in [-0.39, 0.29) is 6.61 Å². The minimum atomic E-state index is 0.275. The van der Waals surface area contributed by atoms with Crippen LogP contribution in [0.5, 0.6) is 0 Å². The monoisotopic (exact) mass is 178 g/mol. The number of hydrogen-bond acceptors (Lipinski definition) is 2. The van der Waals surface area contributed by atoms with Crippen molar-refractivity contribution in [2.45, 2.75) is 19.3 Å². The van der Waals surface area contributed by atoms with Gasteiger partial charge in [0.1, 0.15) is 0 Å². The average Bonchev–Trinajstić information content (AvgIpc) is 2.03. The molecular weight excluding hydrogens is 164 g/mol. The van der Waals surface area contributed by atoms with Gasteiger partial charge in [-0.15, -0.1) is 11.6 Å². The first-order valence-electron chi connectivity index (χ1n) is 3.85. The number of halogens is 1. The van der Waals surface area contributed by atoms with Gasteiger partial charge in [-0.1, -0.05) is 0 Å². The summed E-state index contributed by atoms with van der Waals surface area (Å²) in [7, 11) is 0. The molecule has 0 radical (unpaired) electrons. The Morgan fingerprint density at radius 3 is 2.73 bits per heavy atom. The van der Waals surface area contributed by atoms with E-state index in [1.54, 1.807) is 12.3 Å². The molecule has 0 unspecified atom stereocenters. The van der Waals surface area contributed by atoms with E-state index < -0.39 is 0 Å². The Morgan fingerprint density at radius 2 is 2.09 bits per heavy atom. The van der Waals surface area contributed by atoms with E-state index in [9.17, 15) is 0 Å². The van der Waals surface area contributed by atoms with E-state index in [1.807, 2.05) is 0 Å². The van der Waals surface area contributed by atoms with Gasteiger partial charge in [-0.2, -0.15) is 0 Å². The molecule has 0 aromatic carbocycles. The van der Waals surface area contributed by atoms with Crippen molar-refractivity contribution in [3.05, 3.63) is 12.3 Å². The summed E-state index contributed by atoms with van der Waals surface area (Å²) in [6.07, 6.45) is 6.25. The average molecular weight is 179 g/mol. The van der Waals surface area contributed by atoms with Crippen molar-refractivity contribution >= 4 is 11.6 Å². The quantitative estimate of drug-likeness (QED) is 0.367. The second-order valence-corrected chi connectivity index (χ2v) is 2.49. The molecule has 0 bridgehead atoms.